The Morgan fingerprint density at radius 1 is 0.854 bits per heavy atom. The zero-order valence-corrected chi connectivity index (χ0v) is 26.5. The Morgan fingerprint density at radius 2 is 1.51 bits per heavy atom. The van der Waals surface area contributed by atoms with Crippen molar-refractivity contribution in [3.63, 3.8) is 0 Å². The fraction of sp³-hybridized carbons (Fsp3) is 0.424. The number of benzene rings is 3. The maximum Gasteiger partial charge on any atom is 0.325 e. The predicted octanol–water partition coefficient (Wildman–Crippen LogP) is 6.79. The molecule has 4 N–H and O–H groups in total. The Bertz CT molecular complexity index is 1420. The molecule has 2 aromatic carbocycles. The molecule has 1 aliphatic heterocycles. The van der Waals surface area contributed by atoms with E-state index in [0.29, 0.717) is 6.42 Å². The molecule has 2 aliphatic rings. The van der Waals surface area contributed by atoms with E-state index in [2.05, 4.69) is 110 Å². The van der Waals surface area contributed by atoms with Crippen molar-refractivity contribution in [3.8, 4) is 22.5 Å². The lowest BCUT2D eigenvalue weighted by molar-refractivity contribution is 0.371. The van der Waals surface area contributed by atoms with Crippen LogP contribution in [0.3, 0.4) is 0 Å². The molecule has 0 fully saturated rings. The van der Waals surface area contributed by atoms with Crippen molar-refractivity contribution in [2.75, 3.05) is 44.3 Å². The molecule has 1 heterocycles. The van der Waals surface area contributed by atoms with E-state index in [1.54, 1.807) is 0 Å². The number of hydrogen-bond donors (Lipinski definition) is 3. The number of rotatable bonds is 10. The number of fused-ring (bicyclic) bond motifs is 2. The molecule has 0 atom stereocenters. The molecule has 224 valence electrons. The van der Waals surface area contributed by atoms with Crippen LogP contribution in [0.2, 0.25) is 0 Å². The van der Waals surface area contributed by atoms with Gasteiger partial charge in [-0.3, -0.25) is 4.57 Å². The Kier molecular flexibility index (Phi) is 14.3. The number of unbranched alkanes of at least 4 members (excludes halogenated alkanes) is 2. The summed E-state index contributed by atoms with van der Waals surface area (Å²) in [6, 6.07) is 23.9. The molecular formula is C33H49N3O4P+. The summed E-state index contributed by atoms with van der Waals surface area (Å²) in [5, 5.41) is 2.36. The van der Waals surface area contributed by atoms with Crippen LogP contribution < -0.4 is 20.6 Å². The first-order valence-corrected chi connectivity index (χ1v) is 16.6. The monoisotopic (exact) mass is 582 g/mol. The summed E-state index contributed by atoms with van der Waals surface area (Å²) in [6.07, 6.45) is 2.59. The van der Waals surface area contributed by atoms with Crippen LogP contribution in [0.15, 0.2) is 71.1 Å². The van der Waals surface area contributed by atoms with E-state index in [-0.39, 0.29) is 6.16 Å². The van der Waals surface area contributed by atoms with Crippen molar-refractivity contribution >= 4 is 24.3 Å². The van der Waals surface area contributed by atoms with Gasteiger partial charge in [-0.2, -0.15) is 0 Å². The van der Waals surface area contributed by atoms with Gasteiger partial charge >= 0.3 is 7.60 Å². The van der Waals surface area contributed by atoms with Crippen LogP contribution in [0.5, 0.6) is 0 Å². The SMILES string of the molecule is CCCCCP(=O)(O)O.CCN(CC)c1ccc2c(-c3ccccc3)c3ccc(=[N+](CC)CC)cc-3oc2c1.CN. The summed E-state index contributed by atoms with van der Waals surface area (Å²) in [5.41, 5.74) is 10.2. The second kappa shape index (κ2) is 17.1. The van der Waals surface area contributed by atoms with Crippen molar-refractivity contribution in [1.29, 1.82) is 0 Å². The summed E-state index contributed by atoms with van der Waals surface area (Å²) in [6.45, 7) is 14.7. The van der Waals surface area contributed by atoms with Gasteiger partial charge in [0.1, 0.15) is 24.4 Å². The summed E-state index contributed by atoms with van der Waals surface area (Å²) < 4.78 is 19.1. The molecule has 0 bridgehead atoms. The molecule has 0 spiro atoms. The maximum absolute atomic E-state index is 10.2. The smallest absolute Gasteiger partial charge is 0.325 e. The molecule has 1 aliphatic carbocycles. The van der Waals surface area contributed by atoms with E-state index in [9.17, 15) is 4.57 Å². The first-order valence-electron chi connectivity index (χ1n) is 14.8. The summed E-state index contributed by atoms with van der Waals surface area (Å²) in [5.74, 6) is 0.933. The normalized spacial score (nSPS) is 11.0. The van der Waals surface area contributed by atoms with Gasteiger partial charge in [0.25, 0.3) is 0 Å². The molecule has 0 unspecified atom stereocenters. The van der Waals surface area contributed by atoms with Crippen LogP contribution in [0.1, 0.15) is 53.9 Å². The van der Waals surface area contributed by atoms with Gasteiger partial charge in [0.05, 0.1) is 6.07 Å². The van der Waals surface area contributed by atoms with E-state index in [4.69, 9.17) is 14.2 Å². The third kappa shape index (κ3) is 9.54. The van der Waals surface area contributed by atoms with Gasteiger partial charge in [0.15, 0.2) is 0 Å². The highest BCUT2D eigenvalue weighted by Crippen LogP contribution is 2.40. The first kappa shape index (κ1) is 34.2. The van der Waals surface area contributed by atoms with Crippen LogP contribution >= 0.6 is 7.60 Å². The van der Waals surface area contributed by atoms with Crippen LogP contribution in [0.25, 0.3) is 33.4 Å². The third-order valence-corrected chi connectivity index (χ3v) is 7.96. The number of anilines is 1. The lowest BCUT2D eigenvalue weighted by atomic mass is 9.93. The van der Waals surface area contributed by atoms with Gasteiger partial charge in [-0.15, -0.1) is 0 Å². The van der Waals surface area contributed by atoms with Crippen LogP contribution in [0.4, 0.5) is 5.69 Å². The molecule has 0 radical (unpaired) electrons. The van der Waals surface area contributed by atoms with Crippen molar-refractivity contribution in [2.45, 2.75) is 53.9 Å². The second-order valence-corrected chi connectivity index (χ2v) is 11.4. The molecule has 0 amide bonds. The van der Waals surface area contributed by atoms with Crippen molar-refractivity contribution < 1.29 is 18.8 Å². The minimum atomic E-state index is -3.70. The van der Waals surface area contributed by atoms with E-state index in [0.717, 1.165) is 61.3 Å². The van der Waals surface area contributed by atoms with Crippen LogP contribution in [0, 0.1) is 0 Å². The molecule has 4 rings (SSSR count). The van der Waals surface area contributed by atoms with E-state index in [1.807, 2.05) is 6.92 Å². The van der Waals surface area contributed by atoms with Crippen molar-refractivity contribution in [3.05, 3.63) is 72.1 Å². The van der Waals surface area contributed by atoms with Gasteiger partial charge < -0.3 is 24.8 Å². The van der Waals surface area contributed by atoms with Crippen molar-refractivity contribution in [2.24, 2.45) is 5.73 Å². The Balaban J connectivity index is 0.000000459. The average Bonchev–Trinajstić information content (AvgIpc) is 2.98. The predicted molar refractivity (Wildman–Crippen MR) is 175 cm³/mol. The zero-order chi connectivity index (χ0) is 30.4. The molecule has 2 aromatic rings. The highest BCUT2D eigenvalue weighted by molar-refractivity contribution is 7.51. The Morgan fingerprint density at radius 3 is 2.07 bits per heavy atom. The Labute approximate surface area is 245 Å². The molecule has 0 saturated carbocycles. The molecular weight excluding hydrogens is 533 g/mol. The fourth-order valence-corrected chi connectivity index (χ4v) is 5.56. The summed E-state index contributed by atoms with van der Waals surface area (Å²) >= 11 is 0. The molecule has 0 saturated heterocycles. The Hall–Kier alpha value is -2.96. The molecule has 0 aromatic heterocycles. The van der Waals surface area contributed by atoms with E-state index in [1.165, 1.54) is 29.2 Å². The van der Waals surface area contributed by atoms with Gasteiger partial charge in [0.2, 0.25) is 5.36 Å². The largest absolute Gasteiger partial charge is 0.456 e. The first-order chi connectivity index (χ1) is 19.8. The minimum Gasteiger partial charge on any atom is -0.456 e. The lowest BCUT2D eigenvalue weighted by Gasteiger charge is -2.22. The molecule has 41 heavy (non-hydrogen) atoms. The zero-order valence-electron chi connectivity index (χ0n) is 25.6. The lowest BCUT2D eigenvalue weighted by Crippen LogP contribution is -2.29. The molecule has 7 nitrogen and oxygen atoms in total. The summed E-state index contributed by atoms with van der Waals surface area (Å²) in [4.78, 5) is 19.1. The minimum absolute atomic E-state index is 0.0425. The van der Waals surface area contributed by atoms with Gasteiger partial charge in [-0.25, -0.2) is 4.58 Å². The number of nitrogens with two attached hydrogens (primary N) is 1. The summed E-state index contributed by atoms with van der Waals surface area (Å²) in [7, 11) is -2.20. The molecule has 8 heteroatoms. The van der Waals surface area contributed by atoms with Crippen LogP contribution in [-0.2, 0) is 4.57 Å². The quantitative estimate of drug-likeness (QED) is 0.0823. The highest BCUT2D eigenvalue weighted by Gasteiger charge is 2.19. The highest BCUT2D eigenvalue weighted by atomic mass is 31.2. The second-order valence-electron chi connectivity index (χ2n) is 9.64. The maximum atomic E-state index is 10.2. The number of hydrogen-bond acceptors (Lipinski definition) is 4. The van der Waals surface area contributed by atoms with E-state index >= 15 is 0 Å². The van der Waals surface area contributed by atoms with Gasteiger partial charge in [-0.1, -0.05) is 50.1 Å². The standard InChI is InChI=1S/C27H31N2O.C5H13O3P.CH5N/c1-5-28(6-2)21-14-16-23-25(18-21)30-26-19-22(29(7-3)8-4)15-17-24(26)27(23)20-12-10-9-11-13-20;1-2-3-4-5-9(6,7)8;1-2/h9-19H,5-8H2,1-4H3;2-5H2,1H3,(H2,6,7,8);2H2,1H3/q+1;;. The van der Waals surface area contributed by atoms with Gasteiger partial charge in [-0.05, 0) is 64.9 Å². The average molecular weight is 583 g/mol. The van der Waals surface area contributed by atoms with Gasteiger partial charge in [0, 0.05) is 53.6 Å². The van der Waals surface area contributed by atoms with E-state index < -0.39 is 7.60 Å². The van der Waals surface area contributed by atoms with Crippen LogP contribution in [-0.4, -0.2) is 49.2 Å². The van der Waals surface area contributed by atoms with Crippen molar-refractivity contribution in [1.82, 2.24) is 4.58 Å². The fourth-order valence-electron chi connectivity index (χ4n) is 4.92. The topological polar surface area (TPSA) is 103 Å². The third-order valence-electron chi connectivity index (χ3n) is 7.06. The number of nitrogens with zero attached hydrogens (tertiary/aromatic N) is 2.